The van der Waals surface area contributed by atoms with Gasteiger partial charge in [0.05, 0.1) is 16.7 Å². The van der Waals surface area contributed by atoms with Crippen molar-refractivity contribution >= 4 is 17.9 Å². The van der Waals surface area contributed by atoms with Gasteiger partial charge >= 0.3 is 17.9 Å². The van der Waals surface area contributed by atoms with Crippen molar-refractivity contribution in [1.82, 2.24) is 0 Å². The Labute approximate surface area is 190 Å². The number of hydrogen-bond donors (Lipinski definition) is 0. The van der Waals surface area contributed by atoms with Crippen molar-refractivity contribution in [2.45, 2.75) is 18.3 Å². The van der Waals surface area contributed by atoms with Gasteiger partial charge in [0.2, 0.25) is 0 Å². The van der Waals surface area contributed by atoms with Crippen LogP contribution in [0.2, 0.25) is 0 Å². The highest BCUT2D eigenvalue weighted by Crippen LogP contribution is 2.26. The van der Waals surface area contributed by atoms with Crippen molar-refractivity contribution in [3.63, 3.8) is 0 Å². The monoisotopic (exact) mass is 445 g/mol. The lowest BCUT2D eigenvalue weighted by Gasteiger charge is -2.23. The molecule has 1 aliphatic rings. The summed E-state index contributed by atoms with van der Waals surface area (Å²) in [6.45, 7) is 1.08. The Balaban J connectivity index is 1.46. The van der Waals surface area contributed by atoms with Gasteiger partial charge in [-0.25, -0.2) is 14.4 Å². The second-order valence-electron chi connectivity index (χ2n) is 7.25. The van der Waals surface area contributed by atoms with E-state index in [-0.39, 0.29) is 6.61 Å². The van der Waals surface area contributed by atoms with E-state index in [1.807, 2.05) is 0 Å². The Bertz CT molecular complexity index is 1080. The molecule has 0 aromatic heterocycles. The number of carbonyl (C=O) groups excluding carboxylic acids is 3. The topological polar surface area (TPSA) is 88.1 Å². The van der Waals surface area contributed by atoms with E-state index in [2.05, 4.69) is 0 Å². The molecule has 0 bridgehead atoms. The van der Waals surface area contributed by atoms with E-state index in [9.17, 15) is 14.4 Å². The third-order valence-electron chi connectivity index (χ3n) is 4.97. The van der Waals surface area contributed by atoms with Gasteiger partial charge in [-0.2, -0.15) is 0 Å². The molecule has 0 saturated carbocycles. The molecule has 1 aliphatic heterocycles. The quantitative estimate of drug-likeness (QED) is 0.403. The summed E-state index contributed by atoms with van der Waals surface area (Å²) in [7, 11) is 0. The van der Waals surface area contributed by atoms with Crippen LogP contribution in [0.5, 0.6) is 0 Å². The molecule has 0 aliphatic carbocycles. The third-order valence-corrected chi connectivity index (χ3v) is 4.97. The normalized spacial score (nSPS) is 19.5. The summed E-state index contributed by atoms with van der Waals surface area (Å²) in [6, 6.07) is 25.3. The molecule has 7 nitrogen and oxygen atoms in total. The molecule has 3 atom stereocenters. The number of rotatable bonds is 7. The largest absolute Gasteiger partial charge is 0.459 e. The van der Waals surface area contributed by atoms with E-state index < -0.39 is 36.2 Å². The van der Waals surface area contributed by atoms with Crippen LogP contribution < -0.4 is 0 Å². The summed E-state index contributed by atoms with van der Waals surface area (Å²) in [5.41, 5.74) is 1.06. The van der Waals surface area contributed by atoms with Gasteiger partial charge in [0.25, 0.3) is 0 Å². The first-order chi connectivity index (χ1) is 16.1. The molecule has 1 fully saturated rings. The van der Waals surface area contributed by atoms with E-state index in [4.69, 9.17) is 18.9 Å². The van der Waals surface area contributed by atoms with Crippen LogP contribution in [0.25, 0.3) is 0 Å². The standard InChI is InChI=1S/C26H21O7/c27-24(18-10-4-1-5-11-18)31-16-21-23(33-26(29)20-14-8-3-9-15-20)22(17-30-21)32-25(28)19-12-6-2-7-13-19/h1-15,17,21-23H,16H2/t21-,22+,23-/m0/s1. The molecule has 0 unspecified atom stereocenters. The van der Waals surface area contributed by atoms with Crippen molar-refractivity contribution < 1.29 is 33.3 Å². The second kappa shape index (κ2) is 10.6. The molecule has 0 N–H and O–H groups in total. The molecule has 33 heavy (non-hydrogen) atoms. The van der Waals surface area contributed by atoms with E-state index in [1.54, 1.807) is 91.0 Å². The Kier molecular flexibility index (Phi) is 7.12. The van der Waals surface area contributed by atoms with E-state index >= 15 is 0 Å². The van der Waals surface area contributed by atoms with Gasteiger partial charge in [-0.1, -0.05) is 54.6 Å². The maximum absolute atomic E-state index is 12.7. The van der Waals surface area contributed by atoms with Crippen molar-refractivity contribution in [3.05, 3.63) is 114 Å². The van der Waals surface area contributed by atoms with Gasteiger partial charge in [-0.05, 0) is 36.4 Å². The van der Waals surface area contributed by atoms with Crippen LogP contribution in [0.15, 0.2) is 91.0 Å². The number of hydrogen-bond acceptors (Lipinski definition) is 7. The van der Waals surface area contributed by atoms with Crippen LogP contribution in [0.3, 0.4) is 0 Å². The van der Waals surface area contributed by atoms with Crippen molar-refractivity contribution in [2.75, 3.05) is 6.61 Å². The predicted octanol–water partition coefficient (Wildman–Crippen LogP) is 3.86. The zero-order chi connectivity index (χ0) is 23.0. The van der Waals surface area contributed by atoms with E-state index in [0.717, 1.165) is 0 Å². The molecule has 1 heterocycles. The number of ether oxygens (including phenoxy) is 4. The average Bonchev–Trinajstić information content (AvgIpc) is 3.24. The molecule has 7 heteroatoms. The summed E-state index contributed by atoms with van der Waals surface area (Å²) in [4.78, 5) is 37.5. The molecule has 4 rings (SSSR count). The van der Waals surface area contributed by atoms with Gasteiger partial charge in [-0.3, -0.25) is 0 Å². The van der Waals surface area contributed by atoms with Gasteiger partial charge in [-0.15, -0.1) is 0 Å². The Morgan fingerprint density at radius 1 is 0.636 bits per heavy atom. The van der Waals surface area contributed by atoms with Crippen molar-refractivity contribution in [3.8, 4) is 0 Å². The Hall–Kier alpha value is -3.97. The minimum Gasteiger partial charge on any atom is -0.459 e. The van der Waals surface area contributed by atoms with E-state index in [0.29, 0.717) is 16.7 Å². The Morgan fingerprint density at radius 2 is 1.09 bits per heavy atom. The molecule has 1 saturated heterocycles. The molecular weight excluding hydrogens is 424 g/mol. The first kappa shape index (κ1) is 22.2. The fraction of sp³-hybridized carbons (Fsp3) is 0.154. The van der Waals surface area contributed by atoms with E-state index in [1.165, 1.54) is 6.61 Å². The van der Waals surface area contributed by atoms with Crippen molar-refractivity contribution in [2.24, 2.45) is 0 Å². The zero-order valence-electron chi connectivity index (χ0n) is 17.5. The van der Waals surface area contributed by atoms with Crippen LogP contribution in [0, 0.1) is 6.61 Å². The SMILES string of the molecule is O=C(OC[C@@H]1O[CH][C@@H](OC(=O)c2ccccc2)[C@H]1OC(=O)c1ccccc1)c1ccccc1. The van der Waals surface area contributed by atoms with Crippen LogP contribution in [-0.2, 0) is 18.9 Å². The summed E-state index contributed by atoms with van der Waals surface area (Å²) >= 11 is 0. The van der Waals surface area contributed by atoms with Gasteiger partial charge < -0.3 is 18.9 Å². The molecule has 1 radical (unpaired) electrons. The maximum Gasteiger partial charge on any atom is 0.338 e. The highest BCUT2D eigenvalue weighted by Gasteiger charge is 2.44. The second-order valence-corrected chi connectivity index (χ2v) is 7.25. The van der Waals surface area contributed by atoms with Crippen LogP contribution in [0.4, 0.5) is 0 Å². The fourth-order valence-corrected chi connectivity index (χ4v) is 3.26. The van der Waals surface area contributed by atoms with Gasteiger partial charge in [0.1, 0.15) is 19.3 Å². The number of benzene rings is 3. The van der Waals surface area contributed by atoms with Gasteiger partial charge in [0.15, 0.2) is 12.2 Å². The first-order valence-electron chi connectivity index (χ1n) is 10.3. The molecule has 3 aromatic carbocycles. The lowest BCUT2D eigenvalue weighted by Crippen LogP contribution is -2.40. The number of esters is 3. The average molecular weight is 445 g/mol. The predicted molar refractivity (Wildman–Crippen MR) is 117 cm³/mol. The molecule has 0 amide bonds. The summed E-state index contributed by atoms with van der Waals surface area (Å²) < 4.78 is 22.1. The molecule has 167 valence electrons. The lowest BCUT2D eigenvalue weighted by atomic mass is 10.1. The third kappa shape index (κ3) is 5.64. The summed E-state index contributed by atoms with van der Waals surface area (Å²) in [5, 5.41) is 0. The molecule has 0 spiro atoms. The number of carbonyl (C=O) groups is 3. The summed E-state index contributed by atoms with van der Waals surface area (Å²) in [5.74, 6) is -1.75. The minimum atomic E-state index is -1.01. The van der Waals surface area contributed by atoms with Crippen molar-refractivity contribution in [1.29, 1.82) is 0 Å². The smallest absolute Gasteiger partial charge is 0.338 e. The first-order valence-corrected chi connectivity index (χ1v) is 10.3. The van der Waals surface area contributed by atoms with Crippen LogP contribution >= 0.6 is 0 Å². The van der Waals surface area contributed by atoms with Gasteiger partial charge in [0, 0.05) is 0 Å². The highest BCUT2D eigenvalue weighted by molar-refractivity contribution is 5.91. The molecular formula is C26H21O7. The fourth-order valence-electron chi connectivity index (χ4n) is 3.26. The lowest BCUT2D eigenvalue weighted by molar-refractivity contribution is -0.0431. The zero-order valence-corrected chi connectivity index (χ0v) is 17.5. The Morgan fingerprint density at radius 3 is 1.61 bits per heavy atom. The maximum atomic E-state index is 12.7. The van der Waals surface area contributed by atoms with Crippen LogP contribution in [0.1, 0.15) is 31.1 Å². The minimum absolute atomic E-state index is 0.198. The summed E-state index contributed by atoms with van der Waals surface area (Å²) in [6.07, 6.45) is -2.83. The molecule has 3 aromatic rings. The van der Waals surface area contributed by atoms with Crippen LogP contribution in [-0.4, -0.2) is 42.8 Å². The highest BCUT2D eigenvalue weighted by atomic mass is 16.6.